The summed E-state index contributed by atoms with van der Waals surface area (Å²) < 4.78 is 0. The predicted octanol–water partition coefficient (Wildman–Crippen LogP) is 4.73. The minimum absolute atomic E-state index is 0.382. The van der Waals surface area contributed by atoms with Crippen LogP contribution in [-0.2, 0) is 0 Å². The zero-order valence-electron chi connectivity index (χ0n) is 10.4. The molecule has 0 saturated carbocycles. The normalized spacial score (nSPS) is 27.4. The van der Waals surface area contributed by atoms with E-state index in [0.717, 1.165) is 12.3 Å². The van der Waals surface area contributed by atoms with Gasteiger partial charge in [0.2, 0.25) is 0 Å². The molecule has 0 saturated heterocycles. The average molecular weight is 192 g/mol. The molecule has 0 radical (unpaired) electrons. The molecule has 0 nitrogen and oxygen atoms in total. The molecule has 0 heterocycles. The van der Waals surface area contributed by atoms with E-state index in [4.69, 9.17) is 0 Å². The van der Waals surface area contributed by atoms with E-state index in [0.29, 0.717) is 5.41 Å². The third-order valence-electron chi connectivity index (χ3n) is 3.22. The van der Waals surface area contributed by atoms with Crippen molar-refractivity contribution in [3.05, 3.63) is 23.3 Å². The third-order valence-corrected chi connectivity index (χ3v) is 3.22. The van der Waals surface area contributed by atoms with Gasteiger partial charge in [-0.25, -0.2) is 0 Å². The molecule has 0 aromatic carbocycles. The molecule has 0 fully saturated rings. The summed E-state index contributed by atoms with van der Waals surface area (Å²) in [6.07, 6.45) is 8.39. The summed E-state index contributed by atoms with van der Waals surface area (Å²) in [5.41, 5.74) is 3.56. The van der Waals surface area contributed by atoms with Crippen molar-refractivity contribution in [2.45, 2.75) is 53.9 Å². The zero-order valence-corrected chi connectivity index (χ0v) is 10.4. The summed E-state index contributed by atoms with van der Waals surface area (Å²) in [5, 5.41) is 0. The van der Waals surface area contributed by atoms with Gasteiger partial charge in [0.15, 0.2) is 0 Å². The van der Waals surface area contributed by atoms with Crippen molar-refractivity contribution in [1.29, 1.82) is 0 Å². The van der Waals surface area contributed by atoms with Crippen molar-refractivity contribution < 1.29 is 0 Å². The molecular formula is C14H24. The van der Waals surface area contributed by atoms with Crippen LogP contribution in [0.4, 0.5) is 0 Å². The Labute approximate surface area is 89.1 Å². The molecule has 0 aliphatic heterocycles. The van der Waals surface area contributed by atoms with E-state index in [1.165, 1.54) is 12.8 Å². The van der Waals surface area contributed by atoms with Gasteiger partial charge in [-0.15, -0.1) is 0 Å². The van der Waals surface area contributed by atoms with E-state index in [1.54, 1.807) is 11.1 Å². The van der Waals surface area contributed by atoms with E-state index in [9.17, 15) is 0 Å². The molecule has 1 atom stereocenters. The van der Waals surface area contributed by atoms with Gasteiger partial charge >= 0.3 is 0 Å². The standard InChI is InChI=1S/C14H24/c1-6-7-8-13-12(3)9-11(2)10-14(13,4)5/h7-8,11H,6,9-10H2,1-5H3/b8-7+. The average Bonchev–Trinajstić information content (AvgIpc) is 2.00. The fourth-order valence-electron chi connectivity index (χ4n) is 2.87. The third kappa shape index (κ3) is 2.50. The summed E-state index contributed by atoms with van der Waals surface area (Å²) >= 11 is 0. The zero-order chi connectivity index (χ0) is 10.8. The fraction of sp³-hybridized carbons (Fsp3) is 0.714. The lowest BCUT2D eigenvalue weighted by atomic mass is 9.69. The maximum Gasteiger partial charge on any atom is -0.0102 e. The largest absolute Gasteiger partial charge is 0.0845 e. The fourth-order valence-corrected chi connectivity index (χ4v) is 2.87. The van der Waals surface area contributed by atoms with Gasteiger partial charge in [0.25, 0.3) is 0 Å². The van der Waals surface area contributed by atoms with Gasteiger partial charge in [0.1, 0.15) is 0 Å². The molecular weight excluding hydrogens is 168 g/mol. The van der Waals surface area contributed by atoms with Gasteiger partial charge < -0.3 is 0 Å². The van der Waals surface area contributed by atoms with E-state index in [2.05, 4.69) is 46.8 Å². The first-order chi connectivity index (χ1) is 6.47. The molecule has 0 bridgehead atoms. The van der Waals surface area contributed by atoms with Crippen LogP contribution in [0.15, 0.2) is 23.3 Å². The summed E-state index contributed by atoms with van der Waals surface area (Å²) in [6.45, 7) is 11.6. The Morgan fingerprint density at radius 3 is 2.57 bits per heavy atom. The van der Waals surface area contributed by atoms with E-state index in [-0.39, 0.29) is 0 Å². The highest BCUT2D eigenvalue weighted by molar-refractivity contribution is 5.32. The molecule has 0 N–H and O–H groups in total. The molecule has 0 spiro atoms. The molecule has 0 heteroatoms. The summed E-state index contributed by atoms with van der Waals surface area (Å²) in [5.74, 6) is 0.851. The van der Waals surface area contributed by atoms with Crippen molar-refractivity contribution in [1.82, 2.24) is 0 Å². The number of allylic oxidation sites excluding steroid dienone is 4. The van der Waals surface area contributed by atoms with Gasteiger partial charge in [-0.1, -0.05) is 45.4 Å². The molecule has 0 amide bonds. The Morgan fingerprint density at radius 2 is 2.07 bits per heavy atom. The second-order valence-corrected chi connectivity index (χ2v) is 5.40. The van der Waals surface area contributed by atoms with Crippen LogP contribution < -0.4 is 0 Å². The highest BCUT2D eigenvalue weighted by atomic mass is 14.3. The van der Waals surface area contributed by atoms with Crippen molar-refractivity contribution in [2.24, 2.45) is 11.3 Å². The van der Waals surface area contributed by atoms with Crippen molar-refractivity contribution in [2.75, 3.05) is 0 Å². The second kappa shape index (κ2) is 4.33. The van der Waals surface area contributed by atoms with Gasteiger partial charge in [-0.3, -0.25) is 0 Å². The molecule has 1 aliphatic rings. The quantitative estimate of drug-likeness (QED) is 0.593. The first kappa shape index (κ1) is 11.6. The van der Waals surface area contributed by atoms with Crippen LogP contribution in [-0.4, -0.2) is 0 Å². The van der Waals surface area contributed by atoms with Crippen molar-refractivity contribution in [3.63, 3.8) is 0 Å². The van der Waals surface area contributed by atoms with E-state index in [1.807, 2.05) is 0 Å². The molecule has 0 aromatic heterocycles. The SMILES string of the molecule is CC/C=C/C1=C(C)CC(C)CC1(C)C. The Balaban J connectivity index is 2.96. The summed E-state index contributed by atoms with van der Waals surface area (Å²) in [6, 6.07) is 0. The van der Waals surface area contributed by atoms with Crippen LogP contribution in [0.5, 0.6) is 0 Å². The first-order valence-electron chi connectivity index (χ1n) is 5.84. The second-order valence-electron chi connectivity index (χ2n) is 5.40. The predicted molar refractivity (Wildman–Crippen MR) is 64.3 cm³/mol. The van der Waals surface area contributed by atoms with E-state index >= 15 is 0 Å². The Morgan fingerprint density at radius 1 is 1.43 bits per heavy atom. The maximum atomic E-state index is 2.38. The molecule has 1 unspecified atom stereocenters. The van der Waals surface area contributed by atoms with E-state index < -0.39 is 0 Å². The van der Waals surface area contributed by atoms with Crippen molar-refractivity contribution in [3.8, 4) is 0 Å². The minimum Gasteiger partial charge on any atom is -0.0845 e. The minimum atomic E-state index is 0.382. The van der Waals surface area contributed by atoms with Gasteiger partial charge in [-0.2, -0.15) is 0 Å². The lowest BCUT2D eigenvalue weighted by Crippen LogP contribution is -2.23. The van der Waals surface area contributed by atoms with Crippen LogP contribution in [0.1, 0.15) is 53.9 Å². The number of rotatable bonds is 2. The van der Waals surface area contributed by atoms with Gasteiger partial charge in [0, 0.05) is 0 Å². The molecule has 1 rings (SSSR count). The highest BCUT2D eigenvalue weighted by Gasteiger charge is 2.30. The molecule has 1 aliphatic carbocycles. The molecule has 80 valence electrons. The van der Waals surface area contributed by atoms with Crippen molar-refractivity contribution >= 4 is 0 Å². The maximum absolute atomic E-state index is 2.38. The Bertz CT molecular complexity index is 253. The lowest BCUT2D eigenvalue weighted by molar-refractivity contribution is 0.307. The van der Waals surface area contributed by atoms with Crippen LogP contribution >= 0.6 is 0 Å². The topological polar surface area (TPSA) is 0 Å². The lowest BCUT2D eigenvalue weighted by Gasteiger charge is -2.36. The Hall–Kier alpha value is -0.520. The summed E-state index contributed by atoms with van der Waals surface area (Å²) in [4.78, 5) is 0. The molecule has 14 heavy (non-hydrogen) atoms. The van der Waals surface area contributed by atoms with Crippen LogP contribution in [0.2, 0.25) is 0 Å². The van der Waals surface area contributed by atoms with Crippen LogP contribution in [0, 0.1) is 11.3 Å². The smallest absolute Gasteiger partial charge is 0.0102 e. The van der Waals surface area contributed by atoms with Gasteiger partial charge in [-0.05, 0) is 43.1 Å². The summed E-state index contributed by atoms with van der Waals surface area (Å²) in [7, 11) is 0. The highest BCUT2D eigenvalue weighted by Crippen LogP contribution is 2.43. The Kier molecular flexibility index (Phi) is 3.58. The first-order valence-corrected chi connectivity index (χ1v) is 5.84. The number of hydrogen-bond donors (Lipinski definition) is 0. The van der Waals surface area contributed by atoms with Crippen LogP contribution in [0.25, 0.3) is 0 Å². The molecule has 0 aromatic rings. The van der Waals surface area contributed by atoms with Crippen LogP contribution in [0.3, 0.4) is 0 Å². The number of hydrogen-bond acceptors (Lipinski definition) is 0. The monoisotopic (exact) mass is 192 g/mol. The van der Waals surface area contributed by atoms with Gasteiger partial charge in [0.05, 0.1) is 0 Å².